The maximum Gasteiger partial charge on any atom is 0.243 e. The van der Waals surface area contributed by atoms with E-state index in [0.717, 1.165) is 0 Å². The van der Waals surface area contributed by atoms with Gasteiger partial charge in [-0.1, -0.05) is 34.1 Å². The Morgan fingerprint density at radius 3 is 2.41 bits per heavy atom. The minimum Gasteiger partial charge on any atom is -0.383 e. The minimum absolute atomic E-state index is 0.317. The molecule has 0 aliphatic heterocycles. The van der Waals surface area contributed by atoms with Crippen LogP contribution in [0.5, 0.6) is 0 Å². The van der Waals surface area contributed by atoms with Gasteiger partial charge in [0.25, 0.3) is 0 Å². The molecule has 96 valence electrons. The van der Waals surface area contributed by atoms with Crippen LogP contribution in [0.4, 0.5) is 0 Å². The Bertz CT molecular complexity index is 422. The molecule has 4 nitrogen and oxygen atoms in total. The van der Waals surface area contributed by atoms with Gasteiger partial charge in [0.15, 0.2) is 0 Å². The van der Waals surface area contributed by atoms with E-state index in [1.165, 1.54) is 4.31 Å². The summed E-state index contributed by atoms with van der Waals surface area (Å²) in [5, 5.41) is 0.600. The van der Waals surface area contributed by atoms with Crippen molar-refractivity contribution in [2.45, 2.75) is 4.90 Å². The first kappa shape index (κ1) is 14.6. The summed E-state index contributed by atoms with van der Waals surface area (Å²) >= 11 is 3.26. The Kier molecular flexibility index (Phi) is 6.11. The van der Waals surface area contributed by atoms with Crippen molar-refractivity contribution in [1.82, 2.24) is 4.31 Å². The van der Waals surface area contributed by atoms with Crippen molar-refractivity contribution >= 4 is 26.0 Å². The molecule has 1 rings (SSSR count). The van der Waals surface area contributed by atoms with Gasteiger partial charge in [0.2, 0.25) is 10.0 Å². The molecule has 0 fully saturated rings. The van der Waals surface area contributed by atoms with Crippen LogP contribution in [-0.2, 0) is 14.8 Å². The molecule has 0 saturated carbocycles. The predicted molar refractivity (Wildman–Crippen MR) is 70.9 cm³/mol. The number of rotatable bonds is 7. The standard InChI is InChI=1S/C11H16BrNO3S/c1-16-10-9-13(8-7-12)17(14,15)11-5-3-2-4-6-11/h2-6H,7-10H2,1H3. The fourth-order valence-electron chi connectivity index (χ4n) is 1.38. The van der Waals surface area contributed by atoms with Crippen LogP contribution >= 0.6 is 15.9 Å². The molecule has 1 aromatic carbocycles. The Morgan fingerprint density at radius 1 is 1.24 bits per heavy atom. The van der Waals surface area contributed by atoms with Crippen molar-refractivity contribution in [3.63, 3.8) is 0 Å². The summed E-state index contributed by atoms with van der Waals surface area (Å²) in [4.78, 5) is 0.317. The number of sulfonamides is 1. The Balaban J connectivity index is 2.92. The molecular formula is C11H16BrNO3S. The lowest BCUT2D eigenvalue weighted by Crippen LogP contribution is -2.35. The van der Waals surface area contributed by atoms with Crippen molar-refractivity contribution in [3.8, 4) is 0 Å². The van der Waals surface area contributed by atoms with Gasteiger partial charge in [-0.2, -0.15) is 4.31 Å². The van der Waals surface area contributed by atoms with Crippen LogP contribution in [0.2, 0.25) is 0 Å². The normalized spacial score (nSPS) is 11.9. The van der Waals surface area contributed by atoms with Crippen LogP contribution in [-0.4, -0.2) is 44.9 Å². The summed E-state index contributed by atoms with van der Waals surface area (Å²) < 4.78 is 30.9. The molecule has 0 spiro atoms. The zero-order valence-corrected chi connectivity index (χ0v) is 12.1. The van der Waals surface area contributed by atoms with E-state index in [9.17, 15) is 8.42 Å². The van der Waals surface area contributed by atoms with Crippen LogP contribution < -0.4 is 0 Å². The van der Waals surface area contributed by atoms with Gasteiger partial charge < -0.3 is 4.74 Å². The van der Waals surface area contributed by atoms with E-state index in [4.69, 9.17) is 4.74 Å². The zero-order chi connectivity index (χ0) is 12.7. The highest BCUT2D eigenvalue weighted by Crippen LogP contribution is 2.14. The molecule has 6 heteroatoms. The molecule has 1 aromatic rings. The number of hydrogen-bond acceptors (Lipinski definition) is 3. The Morgan fingerprint density at radius 2 is 1.88 bits per heavy atom. The largest absolute Gasteiger partial charge is 0.383 e. The zero-order valence-electron chi connectivity index (χ0n) is 9.67. The topological polar surface area (TPSA) is 46.6 Å². The second-order valence-electron chi connectivity index (χ2n) is 3.40. The number of hydrogen-bond donors (Lipinski definition) is 0. The van der Waals surface area contributed by atoms with E-state index in [0.29, 0.717) is 29.9 Å². The number of nitrogens with zero attached hydrogens (tertiary/aromatic N) is 1. The van der Waals surface area contributed by atoms with Gasteiger partial charge in [-0.25, -0.2) is 8.42 Å². The molecule has 17 heavy (non-hydrogen) atoms. The first-order valence-corrected chi connectivity index (χ1v) is 7.79. The van der Waals surface area contributed by atoms with E-state index in [-0.39, 0.29) is 0 Å². The third-order valence-corrected chi connectivity index (χ3v) is 4.53. The highest BCUT2D eigenvalue weighted by molar-refractivity contribution is 9.09. The maximum atomic E-state index is 12.3. The molecule has 0 radical (unpaired) electrons. The third-order valence-electron chi connectivity index (χ3n) is 2.26. The second kappa shape index (κ2) is 7.10. The maximum absolute atomic E-state index is 12.3. The van der Waals surface area contributed by atoms with Crippen molar-refractivity contribution in [2.24, 2.45) is 0 Å². The second-order valence-corrected chi connectivity index (χ2v) is 6.13. The lowest BCUT2D eigenvalue weighted by atomic mass is 10.4. The Labute approximate surface area is 111 Å². The van der Waals surface area contributed by atoms with Crippen LogP contribution in [0.25, 0.3) is 0 Å². The van der Waals surface area contributed by atoms with Gasteiger partial charge in [0.1, 0.15) is 0 Å². The fourth-order valence-corrected chi connectivity index (χ4v) is 3.49. The lowest BCUT2D eigenvalue weighted by Gasteiger charge is -2.20. The van der Waals surface area contributed by atoms with Crippen molar-refractivity contribution < 1.29 is 13.2 Å². The van der Waals surface area contributed by atoms with Crippen molar-refractivity contribution in [1.29, 1.82) is 0 Å². The van der Waals surface area contributed by atoms with Crippen LogP contribution in [0.15, 0.2) is 35.2 Å². The SMILES string of the molecule is COCCN(CCBr)S(=O)(=O)c1ccccc1. The highest BCUT2D eigenvalue weighted by Gasteiger charge is 2.22. The summed E-state index contributed by atoms with van der Waals surface area (Å²) in [6, 6.07) is 8.43. The third kappa shape index (κ3) is 4.06. The van der Waals surface area contributed by atoms with Gasteiger partial charge in [0, 0.05) is 25.5 Å². The minimum atomic E-state index is -3.41. The number of halogens is 1. The van der Waals surface area contributed by atoms with E-state index < -0.39 is 10.0 Å². The Hall–Kier alpha value is -0.430. The van der Waals surface area contributed by atoms with Crippen molar-refractivity contribution in [2.75, 3.05) is 32.1 Å². The molecule has 0 atom stereocenters. The van der Waals surface area contributed by atoms with E-state index in [1.54, 1.807) is 37.4 Å². The number of benzene rings is 1. The van der Waals surface area contributed by atoms with E-state index in [2.05, 4.69) is 15.9 Å². The monoisotopic (exact) mass is 321 g/mol. The molecule has 0 aliphatic carbocycles. The molecule has 0 bridgehead atoms. The quantitative estimate of drug-likeness (QED) is 0.718. The van der Waals surface area contributed by atoms with Crippen molar-refractivity contribution in [3.05, 3.63) is 30.3 Å². The van der Waals surface area contributed by atoms with Gasteiger partial charge in [0.05, 0.1) is 11.5 Å². The average molecular weight is 322 g/mol. The summed E-state index contributed by atoms with van der Waals surface area (Å²) in [6.07, 6.45) is 0. The average Bonchev–Trinajstić information content (AvgIpc) is 2.35. The molecule has 0 aromatic heterocycles. The number of methoxy groups -OCH3 is 1. The number of alkyl halides is 1. The van der Waals surface area contributed by atoms with Gasteiger partial charge in [-0.05, 0) is 12.1 Å². The summed E-state index contributed by atoms with van der Waals surface area (Å²) in [5.74, 6) is 0. The van der Waals surface area contributed by atoms with E-state index in [1.807, 2.05) is 0 Å². The van der Waals surface area contributed by atoms with E-state index >= 15 is 0 Å². The first-order chi connectivity index (χ1) is 8.12. The molecule has 0 aliphatic rings. The van der Waals surface area contributed by atoms with Gasteiger partial charge in [-0.15, -0.1) is 0 Å². The summed E-state index contributed by atoms with van der Waals surface area (Å²) in [7, 11) is -1.86. The van der Waals surface area contributed by atoms with Gasteiger partial charge >= 0.3 is 0 Å². The smallest absolute Gasteiger partial charge is 0.243 e. The van der Waals surface area contributed by atoms with Crippen LogP contribution in [0.3, 0.4) is 0 Å². The summed E-state index contributed by atoms with van der Waals surface area (Å²) in [5.41, 5.74) is 0. The lowest BCUT2D eigenvalue weighted by molar-refractivity contribution is 0.181. The molecule has 0 heterocycles. The molecule has 0 amide bonds. The van der Waals surface area contributed by atoms with Gasteiger partial charge in [-0.3, -0.25) is 0 Å². The predicted octanol–water partition coefficient (Wildman–Crippen LogP) is 1.72. The molecule has 0 saturated heterocycles. The van der Waals surface area contributed by atoms with Crippen LogP contribution in [0.1, 0.15) is 0 Å². The van der Waals surface area contributed by atoms with Crippen LogP contribution in [0, 0.1) is 0 Å². The summed E-state index contributed by atoms with van der Waals surface area (Å²) in [6.45, 7) is 1.18. The first-order valence-electron chi connectivity index (χ1n) is 5.23. The highest BCUT2D eigenvalue weighted by atomic mass is 79.9. The molecular weight excluding hydrogens is 306 g/mol. The molecule has 0 N–H and O–H groups in total. The number of ether oxygens (including phenoxy) is 1. The fraction of sp³-hybridized carbons (Fsp3) is 0.455. The molecule has 0 unspecified atom stereocenters.